The molecule has 0 fully saturated rings. The van der Waals surface area contributed by atoms with Gasteiger partial charge in [0.2, 0.25) is 5.43 Å². The number of carbonyl (C=O) groups is 1. The number of halogens is 2. The normalized spacial score (nSPS) is 11.1. The summed E-state index contributed by atoms with van der Waals surface area (Å²) in [6.45, 7) is 2.80. The zero-order valence-electron chi connectivity index (χ0n) is 27.5. The van der Waals surface area contributed by atoms with Gasteiger partial charge in [-0.05, 0) is 55.9 Å². The van der Waals surface area contributed by atoms with Gasteiger partial charge in [-0.2, -0.15) is 0 Å². The Bertz CT molecular complexity index is 1890. The van der Waals surface area contributed by atoms with E-state index in [-0.39, 0.29) is 17.8 Å². The van der Waals surface area contributed by atoms with E-state index in [0.717, 1.165) is 54.7 Å². The second kappa shape index (κ2) is 16.4. The monoisotopic (exact) mass is 672 g/mol. The van der Waals surface area contributed by atoms with Crippen molar-refractivity contribution in [2.24, 2.45) is 0 Å². The van der Waals surface area contributed by atoms with Crippen molar-refractivity contribution < 1.29 is 27.6 Å². The second-order valence-corrected chi connectivity index (χ2v) is 12.6. The zero-order valence-corrected chi connectivity index (χ0v) is 28.3. The molecule has 2 heterocycles. The number of anilines is 1. The summed E-state index contributed by atoms with van der Waals surface area (Å²) in [4.78, 5) is 30.0. The third kappa shape index (κ3) is 8.41. The number of unbranched alkanes of at least 4 members (excludes halogenated alkanes) is 4. The number of carbonyl (C=O) groups excluding carboxylic acids is 1. The van der Waals surface area contributed by atoms with Crippen LogP contribution in [0.25, 0.3) is 16.6 Å². The summed E-state index contributed by atoms with van der Waals surface area (Å²) in [6, 6.07) is 19.9. The van der Waals surface area contributed by atoms with Gasteiger partial charge in [0.15, 0.2) is 12.4 Å². The maximum Gasteiger partial charge on any atom is 0.263 e. The molecule has 0 aliphatic rings. The van der Waals surface area contributed by atoms with Crippen molar-refractivity contribution in [1.82, 2.24) is 4.57 Å². The molecule has 5 rings (SSSR count). The number of nitrogens with zero attached hydrogens (tertiary/aromatic N) is 3. The molecule has 250 valence electrons. The Morgan fingerprint density at radius 3 is 2.19 bits per heavy atom. The van der Waals surface area contributed by atoms with Crippen molar-refractivity contribution in [3.8, 4) is 17.2 Å². The molecule has 0 radical (unpaired) electrons. The fourth-order valence-electron chi connectivity index (χ4n) is 5.68. The Kier molecular flexibility index (Phi) is 11.8. The van der Waals surface area contributed by atoms with E-state index < -0.39 is 23.0 Å². The maximum atomic E-state index is 14.1. The van der Waals surface area contributed by atoms with Gasteiger partial charge >= 0.3 is 0 Å². The molecule has 0 atom stereocenters. The predicted molar refractivity (Wildman–Crippen MR) is 187 cm³/mol. The fraction of sp³-hybridized carbons (Fsp3) is 0.289. The smallest absolute Gasteiger partial charge is 0.263 e. The van der Waals surface area contributed by atoms with Crippen molar-refractivity contribution >= 4 is 34.3 Å². The van der Waals surface area contributed by atoms with Crippen LogP contribution in [0, 0.1) is 11.6 Å². The number of methoxy groups -OCH3 is 2. The van der Waals surface area contributed by atoms with Crippen LogP contribution in [0.1, 0.15) is 49.4 Å². The molecule has 1 amide bonds. The number of pyridine rings is 2. The van der Waals surface area contributed by atoms with Crippen LogP contribution in [-0.2, 0) is 6.54 Å². The van der Waals surface area contributed by atoms with Gasteiger partial charge in [0.25, 0.3) is 5.91 Å². The molecule has 0 N–H and O–H groups in total. The number of aromatic nitrogens is 2. The van der Waals surface area contributed by atoms with Gasteiger partial charge in [0.1, 0.15) is 35.2 Å². The van der Waals surface area contributed by atoms with Gasteiger partial charge < -0.3 is 18.9 Å². The van der Waals surface area contributed by atoms with Crippen molar-refractivity contribution in [1.29, 1.82) is 0 Å². The molecule has 3 aromatic carbocycles. The van der Waals surface area contributed by atoms with Gasteiger partial charge in [-0.15, -0.1) is 11.8 Å². The highest BCUT2D eigenvalue weighted by atomic mass is 32.2. The number of rotatable bonds is 15. The first kappa shape index (κ1) is 34.6. The molecule has 0 bridgehead atoms. The average Bonchev–Trinajstić information content (AvgIpc) is 3.09. The summed E-state index contributed by atoms with van der Waals surface area (Å²) in [5, 5.41) is 0.338. The SMILES string of the molecule is CCN(C(=O)c1cn(-c2cc(OC)cc(OC)c2)c2cc(SCCCCCCC[n+]3ccccc3)ccc2c1=O)c1cc(F)cc(F)c1. The Hall–Kier alpha value is -4.70. The summed E-state index contributed by atoms with van der Waals surface area (Å²) in [5.41, 5.74) is 0.635. The van der Waals surface area contributed by atoms with Crippen LogP contribution in [0.15, 0.2) is 101 Å². The van der Waals surface area contributed by atoms with Crippen LogP contribution in [-0.4, -0.2) is 37.0 Å². The highest BCUT2D eigenvalue weighted by molar-refractivity contribution is 7.99. The highest BCUT2D eigenvalue weighted by Crippen LogP contribution is 2.30. The lowest BCUT2D eigenvalue weighted by Crippen LogP contribution is -2.35. The number of aryl methyl sites for hydroxylation is 1. The molecule has 0 unspecified atom stereocenters. The predicted octanol–water partition coefficient (Wildman–Crippen LogP) is 7.98. The summed E-state index contributed by atoms with van der Waals surface area (Å²) >= 11 is 1.72. The van der Waals surface area contributed by atoms with E-state index in [1.807, 2.05) is 30.3 Å². The minimum Gasteiger partial charge on any atom is -0.497 e. The van der Waals surface area contributed by atoms with Gasteiger partial charge in [0.05, 0.1) is 25.4 Å². The zero-order chi connectivity index (χ0) is 34.0. The summed E-state index contributed by atoms with van der Waals surface area (Å²) in [5.74, 6) is -0.308. The summed E-state index contributed by atoms with van der Waals surface area (Å²) in [6.07, 6.45) is 11.4. The number of hydrogen-bond donors (Lipinski definition) is 0. The van der Waals surface area contributed by atoms with Crippen LogP contribution in [0.5, 0.6) is 11.5 Å². The minimum atomic E-state index is -0.817. The first-order valence-corrected chi connectivity index (χ1v) is 17.1. The van der Waals surface area contributed by atoms with E-state index >= 15 is 0 Å². The molecule has 48 heavy (non-hydrogen) atoms. The van der Waals surface area contributed by atoms with Crippen LogP contribution in [0.2, 0.25) is 0 Å². The molecule has 0 saturated heterocycles. The minimum absolute atomic E-state index is 0.0240. The van der Waals surface area contributed by atoms with Gasteiger partial charge in [-0.25, -0.2) is 13.3 Å². The van der Waals surface area contributed by atoms with E-state index in [2.05, 4.69) is 17.0 Å². The number of amides is 1. The highest BCUT2D eigenvalue weighted by Gasteiger charge is 2.23. The lowest BCUT2D eigenvalue weighted by atomic mass is 10.1. The molecule has 2 aromatic heterocycles. The molecule has 7 nitrogen and oxygen atoms in total. The Morgan fingerprint density at radius 1 is 0.854 bits per heavy atom. The van der Waals surface area contributed by atoms with E-state index in [9.17, 15) is 18.4 Å². The molecule has 5 aromatic rings. The van der Waals surface area contributed by atoms with Crippen LogP contribution in [0.3, 0.4) is 0 Å². The number of thioether (sulfide) groups is 1. The second-order valence-electron chi connectivity index (χ2n) is 11.4. The summed E-state index contributed by atoms with van der Waals surface area (Å²) in [7, 11) is 3.09. The molecule has 10 heteroatoms. The van der Waals surface area contributed by atoms with E-state index in [4.69, 9.17) is 9.47 Å². The van der Waals surface area contributed by atoms with E-state index in [1.54, 1.807) is 61.7 Å². The third-order valence-electron chi connectivity index (χ3n) is 8.15. The first-order valence-electron chi connectivity index (χ1n) is 16.1. The van der Waals surface area contributed by atoms with Crippen molar-refractivity contribution in [2.75, 3.05) is 31.4 Å². The van der Waals surface area contributed by atoms with Crippen LogP contribution < -0.4 is 24.4 Å². The standard InChI is InChI=1S/C38H40F2N3O4S/c1-4-42(29-20-27(39)19-28(40)21-29)38(45)35-26-43(30-22-31(46-2)24-32(23-30)47-3)36-25-33(13-14-34(36)37(35)44)48-18-12-7-5-6-9-15-41-16-10-8-11-17-41/h8,10-11,13-14,16-17,19-26H,4-7,9,12,15,18H2,1-3H3/q+1. The molecule has 0 spiro atoms. The van der Waals surface area contributed by atoms with Gasteiger partial charge in [0, 0.05) is 71.5 Å². The average molecular weight is 673 g/mol. The third-order valence-corrected chi connectivity index (χ3v) is 9.23. The molecular weight excluding hydrogens is 632 g/mol. The Balaban J connectivity index is 1.41. The Morgan fingerprint density at radius 2 is 1.52 bits per heavy atom. The van der Waals surface area contributed by atoms with Crippen LogP contribution >= 0.6 is 11.8 Å². The fourth-order valence-corrected chi connectivity index (χ4v) is 6.62. The van der Waals surface area contributed by atoms with Crippen LogP contribution in [0.4, 0.5) is 14.5 Å². The topological polar surface area (TPSA) is 64.7 Å². The number of hydrogen-bond acceptors (Lipinski definition) is 5. The molecular formula is C38H40F2N3O4S+. The number of fused-ring (bicyclic) bond motifs is 1. The molecule has 0 aliphatic heterocycles. The lowest BCUT2D eigenvalue weighted by Gasteiger charge is -2.22. The lowest BCUT2D eigenvalue weighted by molar-refractivity contribution is -0.697. The first-order chi connectivity index (χ1) is 23.3. The summed E-state index contributed by atoms with van der Waals surface area (Å²) < 4.78 is 43.2. The quantitative estimate of drug-likeness (QED) is 0.0641. The van der Waals surface area contributed by atoms with Gasteiger partial charge in [-0.1, -0.05) is 18.9 Å². The van der Waals surface area contributed by atoms with Crippen molar-refractivity contribution in [2.45, 2.75) is 50.5 Å². The van der Waals surface area contributed by atoms with Crippen molar-refractivity contribution in [3.63, 3.8) is 0 Å². The largest absolute Gasteiger partial charge is 0.497 e. The van der Waals surface area contributed by atoms with Crippen molar-refractivity contribution in [3.05, 3.63) is 119 Å². The van der Waals surface area contributed by atoms with E-state index in [0.29, 0.717) is 28.1 Å². The number of ether oxygens (including phenoxy) is 2. The molecule has 0 aliphatic carbocycles. The van der Waals surface area contributed by atoms with Gasteiger partial charge in [-0.3, -0.25) is 9.59 Å². The Labute approximate surface area is 283 Å². The number of benzene rings is 3. The molecule has 0 saturated carbocycles. The van der Waals surface area contributed by atoms with E-state index in [1.165, 1.54) is 23.9 Å². The maximum absolute atomic E-state index is 14.1.